The van der Waals surface area contributed by atoms with Crippen LogP contribution in [0.3, 0.4) is 0 Å². The third-order valence-corrected chi connectivity index (χ3v) is 5.20. The second-order valence-corrected chi connectivity index (χ2v) is 9.07. The lowest BCUT2D eigenvalue weighted by atomic mass is 9.95. The maximum absolute atomic E-state index is 14.2. The average Bonchev–Trinajstić information content (AvgIpc) is 2.85. The summed E-state index contributed by atoms with van der Waals surface area (Å²) in [7, 11) is 0. The van der Waals surface area contributed by atoms with E-state index >= 15 is 0 Å². The Hall–Kier alpha value is -3.37. The Labute approximate surface area is 207 Å². The first-order valence-electron chi connectivity index (χ1n) is 11.6. The normalized spacial score (nSPS) is 12.0. The molecule has 5 nitrogen and oxygen atoms in total. The van der Waals surface area contributed by atoms with Crippen molar-refractivity contribution in [2.75, 3.05) is 30.8 Å². The van der Waals surface area contributed by atoms with Crippen molar-refractivity contribution in [2.24, 2.45) is 5.41 Å². The molecule has 0 saturated carbocycles. The fraction of sp³-hybridized carbons (Fsp3) is 0.310. The lowest BCUT2D eigenvalue weighted by molar-refractivity contribution is 0.0348. The van der Waals surface area contributed by atoms with Crippen molar-refractivity contribution in [1.29, 1.82) is 0 Å². The molecule has 0 spiro atoms. The molecule has 184 valence electrons. The molecule has 1 atom stereocenters. The molecule has 3 aromatic carbocycles. The zero-order chi connectivity index (χ0) is 25.1. The van der Waals surface area contributed by atoms with Crippen LogP contribution >= 0.6 is 0 Å². The number of ether oxygens (including phenoxy) is 2. The van der Waals surface area contributed by atoms with Gasteiger partial charge in [-0.3, -0.25) is 0 Å². The van der Waals surface area contributed by atoms with Gasteiger partial charge in [-0.25, -0.2) is 4.39 Å². The first-order valence-corrected chi connectivity index (χ1v) is 11.6. The minimum absolute atomic E-state index is 0.0183. The fourth-order valence-electron chi connectivity index (χ4n) is 3.28. The molecule has 3 rings (SSSR count). The predicted octanol–water partition coefficient (Wildman–Crippen LogP) is 4.99. The predicted molar refractivity (Wildman–Crippen MR) is 138 cm³/mol. The third kappa shape index (κ3) is 9.06. The van der Waals surface area contributed by atoms with Crippen LogP contribution < -0.4 is 11.1 Å². The van der Waals surface area contributed by atoms with Crippen LogP contribution in [0.1, 0.15) is 30.5 Å². The molecule has 4 N–H and O–H groups in total. The number of nitrogens with one attached hydrogen (secondary N) is 1. The highest BCUT2D eigenvalue weighted by atomic mass is 19.1. The smallest absolute Gasteiger partial charge is 0.148 e. The SMILES string of the molecule is CC(C)(C#Cc1cc(N)c(F)cc1NC[C@@H](O)COCc1ccccc1)COCc1ccccc1. The first-order chi connectivity index (χ1) is 16.8. The molecule has 0 bridgehead atoms. The minimum atomic E-state index is -0.775. The summed E-state index contributed by atoms with van der Waals surface area (Å²) in [6.45, 7) is 5.64. The number of hydrogen-bond acceptors (Lipinski definition) is 5. The Morgan fingerprint density at radius 3 is 2.20 bits per heavy atom. The summed E-state index contributed by atoms with van der Waals surface area (Å²) >= 11 is 0. The van der Waals surface area contributed by atoms with Crippen LogP contribution in [0.4, 0.5) is 15.8 Å². The molecule has 0 radical (unpaired) electrons. The van der Waals surface area contributed by atoms with Gasteiger partial charge in [0.15, 0.2) is 0 Å². The van der Waals surface area contributed by atoms with Gasteiger partial charge < -0.3 is 25.6 Å². The number of aliphatic hydroxyl groups is 1. The first kappa shape index (κ1) is 26.2. The van der Waals surface area contributed by atoms with Gasteiger partial charge in [0.25, 0.3) is 0 Å². The number of nitrogens with two attached hydrogens (primary N) is 1. The molecule has 0 aliphatic rings. The largest absolute Gasteiger partial charge is 0.396 e. The van der Waals surface area contributed by atoms with E-state index in [0.29, 0.717) is 31.1 Å². The van der Waals surface area contributed by atoms with Gasteiger partial charge in [0.05, 0.1) is 43.9 Å². The van der Waals surface area contributed by atoms with Gasteiger partial charge in [-0.1, -0.05) is 72.5 Å². The Bertz CT molecular complexity index is 1130. The van der Waals surface area contributed by atoms with Gasteiger partial charge in [-0.15, -0.1) is 0 Å². The summed E-state index contributed by atoms with van der Waals surface area (Å²) in [5, 5.41) is 13.4. The van der Waals surface area contributed by atoms with Gasteiger partial charge in [-0.2, -0.15) is 0 Å². The second kappa shape index (κ2) is 12.9. The number of anilines is 2. The maximum atomic E-state index is 14.2. The molecule has 0 heterocycles. The number of benzene rings is 3. The third-order valence-electron chi connectivity index (χ3n) is 5.20. The van der Waals surface area contributed by atoms with Crippen molar-refractivity contribution in [3.05, 3.63) is 95.3 Å². The van der Waals surface area contributed by atoms with Crippen LogP contribution in [0.5, 0.6) is 0 Å². The van der Waals surface area contributed by atoms with Crippen molar-refractivity contribution < 1.29 is 19.0 Å². The molecule has 0 amide bonds. The minimum Gasteiger partial charge on any atom is -0.396 e. The molecule has 6 heteroatoms. The summed E-state index contributed by atoms with van der Waals surface area (Å²) in [6.07, 6.45) is -0.775. The zero-order valence-electron chi connectivity index (χ0n) is 20.3. The van der Waals surface area contributed by atoms with Crippen molar-refractivity contribution in [3.8, 4) is 11.8 Å². The molecular weight excluding hydrogens is 443 g/mol. The molecule has 0 aliphatic heterocycles. The van der Waals surface area contributed by atoms with Crippen LogP contribution in [0, 0.1) is 23.1 Å². The van der Waals surface area contributed by atoms with Gasteiger partial charge in [0, 0.05) is 23.6 Å². The summed E-state index contributed by atoms with van der Waals surface area (Å²) in [5.74, 6) is 5.77. The van der Waals surface area contributed by atoms with Gasteiger partial charge >= 0.3 is 0 Å². The van der Waals surface area contributed by atoms with Crippen molar-refractivity contribution in [2.45, 2.75) is 33.2 Å². The molecular formula is C29H33FN2O3. The van der Waals surface area contributed by atoms with Crippen LogP contribution in [0.2, 0.25) is 0 Å². The Morgan fingerprint density at radius 1 is 0.971 bits per heavy atom. The second-order valence-electron chi connectivity index (χ2n) is 9.07. The van der Waals surface area contributed by atoms with E-state index in [1.54, 1.807) is 0 Å². The van der Waals surface area contributed by atoms with Crippen LogP contribution in [0.25, 0.3) is 0 Å². The highest BCUT2D eigenvalue weighted by Gasteiger charge is 2.16. The summed E-state index contributed by atoms with van der Waals surface area (Å²) in [4.78, 5) is 0. The van der Waals surface area contributed by atoms with Gasteiger partial charge in [-0.05, 0) is 31.0 Å². The van der Waals surface area contributed by atoms with E-state index in [-0.39, 0.29) is 18.8 Å². The van der Waals surface area contributed by atoms with E-state index in [9.17, 15) is 9.50 Å². The fourth-order valence-corrected chi connectivity index (χ4v) is 3.28. The van der Waals surface area contributed by atoms with Crippen LogP contribution in [-0.4, -0.2) is 31.0 Å². The molecule has 35 heavy (non-hydrogen) atoms. The summed E-state index contributed by atoms with van der Waals surface area (Å²) < 4.78 is 25.6. The number of rotatable bonds is 11. The Balaban J connectivity index is 1.56. The van der Waals surface area contributed by atoms with Gasteiger partial charge in [0.1, 0.15) is 5.82 Å². The maximum Gasteiger partial charge on any atom is 0.148 e. The van der Waals surface area contributed by atoms with E-state index in [2.05, 4.69) is 17.2 Å². The number of halogens is 1. The standard InChI is InChI=1S/C29H33FN2O3/c1-29(2,21-35-19-23-11-7-4-8-12-23)14-13-24-15-27(31)26(30)16-28(24)32-17-25(33)20-34-18-22-9-5-3-6-10-22/h3-12,15-16,25,32-33H,17-21,31H2,1-2H3/t25-/m1/s1. The van der Waals surface area contributed by atoms with E-state index < -0.39 is 17.3 Å². The number of hydrogen-bond donors (Lipinski definition) is 3. The van der Waals surface area contributed by atoms with E-state index in [4.69, 9.17) is 15.2 Å². The average molecular weight is 477 g/mol. The Kier molecular flexibility index (Phi) is 9.68. The zero-order valence-corrected chi connectivity index (χ0v) is 20.3. The topological polar surface area (TPSA) is 76.7 Å². The lowest BCUT2D eigenvalue weighted by Gasteiger charge is -2.18. The van der Waals surface area contributed by atoms with E-state index in [0.717, 1.165) is 11.1 Å². The molecule has 0 fully saturated rings. The lowest BCUT2D eigenvalue weighted by Crippen LogP contribution is -2.25. The Morgan fingerprint density at radius 2 is 1.57 bits per heavy atom. The van der Waals surface area contributed by atoms with Gasteiger partial charge in [0.2, 0.25) is 0 Å². The van der Waals surface area contributed by atoms with Crippen molar-refractivity contribution in [1.82, 2.24) is 0 Å². The monoisotopic (exact) mass is 476 g/mol. The van der Waals surface area contributed by atoms with Crippen molar-refractivity contribution >= 4 is 11.4 Å². The summed E-state index contributed by atoms with van der Waals surface area (Å²) in [6, 6.07) is 22.5. The summed E-state index contributed by atoms with van der Waals surface area (Å²) in [5.41, 5.74) is 8.52. The quantitative estimate of drug-likeness (QED) is 0.268. The number of nitrogen functional groups attached to an aromatic ring is 1. The van der Waals surface area contributed by atoms with E-state index in [1.807, 2.05) is 74.5 Å². The van der Waals surface area contributed by atoms with Crippen LogP contribution in [0.15, 0.2) is 72.8 Å². The van der Waals surface area contributed by atoms with E-state index in [1.165, 1.54) is 12.1 Å². The molecule has 0 unspecified atom stereocenters. The van der Waals surface area contributed by atoms with Crippen LogP contribution in [-0.2, 0) is 22.7 Å². The molecule has 0 aliphatic carbocycles. The highest BCUT2D eigenvalue weighted by molar-refractivity contribution is 5.65. The molecule has 3 aromatic rings. The molecule has 0 saturated heterocycles. The highest BCUT2D eigenvalue weighted by Crippen LogP contribution is 2.23. The number of aliphatic hydroxyl groups excluding tert-OH is 1. The van der Waals surface area contributed by atoms with Crippen molar-refractivity contribution in [3.63, 3.8) is 0 Å². The molecule has 0 aromatic heterocycles.